The molecule has 1 aromatic heterocycles. The minimum Gasteiger partial charge on any atom is -0.353 e. The van der Waals surface area contributed by atoms with Crippen LogP contribution in [0, 0.1) is 16.7 Å². The maximum absolute atomic E-state index is 13.2. The zero-order valence-electron chi connectivity index (χ0n) is 17.4. The maximum atomic E-state index is 13.2. The van der Waals surface area contributed by atoms with E-state index in [1.165, 1.54) is 4.31 Å². The molecule has 0 N–H and O–H groups in total. The fourth-order valence-electron chi connectivity index (χ4n) is 5.51. The molecule has 4 rings (SSSR count). The second-order valence-corrected chi connectivity index (χ2v) is 11.7. The average Bonchev–Trinajstić information content (AvgIpc) is 3.01. The summed E-state index contributed by atoms with van der Waals surface area (Å²) in [5.74, 6) is 0.314. The fourth-order valence-corrected chi connectivity index (χ4v) is 8.00. The van der Waals surface area contributed by atoms with Crippen molar-refractivity contribution in [1.82, 2.24) is 9.29 Å². The number of carbonyl (C=O) groups is 1. The van der Waals surface area contributed by atoms with Crippen molar-refractivity contribution >= 4 is 33.2 Å². The van der Waals surface area contributed by atoms with Crippen molar-refractivity contribution in [2.45, 2.75) is 39.3 Å². The Kier molecular flexibility index (Phi) is 5.38. The van der Waals surface area contributed by atoms with E-state index < -0.39 is 27.2 Å². The summed E-state index contributed by atoms with van der Waals surface area (Å²) in [5.41, 5.74) is -2.09. The molecule has 1 aliphatic heterocycles. The van der Waals surface area contributed by atoms with Crippen molar-refractivity contribution < 1.29 is 26.4 Å². The van der Waals surface area contributed by atoms with Crippen LogP contribution in [0.4, 0.5) is 19.0 Å². The number of nitrogens with zero attached hydrogens (tertiary/aromatic N) is 3. The molecule has 0 radical (unpaired) electrons. The van der Waals surface area contributed by atoms with Crippen LogP contribution in [0.1, 0.15) is 38.7 Å². The van der Waals surface area contributed by atoms with Crippen molar-refractivity contribution in [3.63, 3.8) is 0 Å². The molecule has 0 unspecified atom stereocenters. The number of alkyl halides is 3. The first-order valence-electron chi connectivity index (χ1n) is 10.3. The zero-order valence-corrected chi connectivity index (χ0v) is 18.9. The molecule has 6 nitrogen and oxygen atoms in total. The van der Waals surface area contributed by atoms with Crippen molar-refractivity contribution in [2.24, 2.45) is 16.7 Å². The topological polar surface area (TPSA) is 70.6 Å². The molecule has 0 amide bonds. The highest BCUT2D eigenvalue weighted by Gasteiger charge is 2.65. The molecule has 0 aromatic carbocycles. The lowest BCUT2D eigenvalue weighted by atomic mass is 9.70. The first kappa shape index (κ1) is 22.8. The monoisotopic (exact) mass is 479 g/mol. The smallest absolute Gasteiger partial charge is 0.353 e. The number of ketones is 1. The molecule has 1 saturated heterocycles. The first-order valence-corrected chi connectivity index (χ1v) is 12.3. The first-order chi connectivity index (χ1) is 14.3. The van der Waals surface area contributed by atoms with Crippen LogP contribution in [0.5, 0.6) is 0 Å². The third-order valence-electron chi connectivity index (χ3n) is 7.65. The van der Waals surface area contributed by atoms with Crippen molar-refractivity contribution in [3.8, 4) is 0 Å². The summed E-state index contributed by atoms with van der Waals surface area (Å²) in [5, 5.41) is -0.125. The molecule has 2 saturated carbocycles. The van der Waals surface area contributed by atoms with Crippen molar-refractivity contribution in [1.29, 1.82) is 0 Å². The number of anilines is 1. The van der Waals surface area contributed by atoms with Crippen LogP contribution in [0.2, 0.25) is 5.02 Å². The molecule has 11 heteroatoms. The Balaban J connectivity index is 1.46. The number of aromatic nitrogens is 1. The predicted molar refractivity (Wildman–Crippen MR) is 110 cm³/mol. The SMILES string of the molecule is CC1(C)[C@H]2CC[C@]1(CS(=O)(=O)N1CCN(c3ncc(C(F)(F)F)cc3Cl)CC1)C(=O)C2. The molecule has 172 valence electrons. The number of hydrogen-bond acceptors (Lipinski definition) is 5. The third-order valence-corrected chi connectivity index (χ3v) is 9.94. The van der Waals surface area contributed by atoms with Gasteiger partial charge in [0.25, 0.3) is 0 Å². The van der Waals surface area contributed by atoms with E-state index in [9.17, 15) is 26.4 Å². The highest BCUT2D eigenvalue weighted by Crippen LogP contribution is 2.64. The van der Waals surface area contributed by atoms with Crippen LogP contribution >= 0.6 is 11.6 Å². The summed E-state index contributed by atoms with van der Waals surface area (Å²) in [6.07, 6.45) is -1.87. The molecule has 3 aliphatic rings. The van der Waals surface area contributed by atoms with E-state index in [4.69, 9.17) is 11.6 Å². The Labute approximate surface area is 184 Å². The number of rotatable bonds is 4. The summed E-state index contributed by atoms with van der Waals surface area (Å²) in [7, 11) is -3.67. The van der Waals surface area contributed by atoms with Gasteiger partial charge >= 0.3 is 6.18 Å². The van der Waals surface area contributed by atoms with E-state index in [-0.39, 0.29) is 59.9 Å². The number of Topliss-reactive ketones (excluding diaryl/α,β-unsaturated/α-hetero) is 1. The molecule has 2 heterocycles. The summed E-state index contributed by atoms with van der Waals surface area (Å²) in [6.45, 7) is 4.84. The summed E-state index contributed by atoms with van der Waals surface area (Å²) in [6, 6.07) is 0.830. The number of hydrogen-bond donors (Lipinski definition) is 0. The van der Waals surface area contributed by atoms with Crippen molar-refractivity contribution in [2.75, 3.05) is 36.8 Å². The Morgan fingerprint density at radius 3 is 2.35 bits per heavy atom. The van der Waals surface area contributed by atoms with E-state index >= 15 is 0 Å². The van der Waals surface area contributed by atoms with Gasteiger partial charge in [0.05, 0.1) is 16.3 Å². The molecule has 0 spiro atoms. The van der Waals surface area contributed by atoms with Crippen LogP contribution in [0.3, 0.4) is 0 Å². The van der Waals surface area contributed by atoms with Crippen LogP contribution in [-0.2, 0) is 21.0 Å². The van der Waals surface area contributed by atoms with E-state index in [1.807, 2.05) is 13.8 Å². The number of pyridine rings is 1. The van der Waals surface area contributed by atoms with Gasteiger partial charge in [-0.1, -0.05) is 25.4 Å². The highest BCUT2D eigenvalue weighted by molar-refractivity contribution is 7.89. The molecule has 3 fully saturated rings. The van der Waals surface area contributed by atoms with Gasteiger partial charge in [-0.05, 0) is 30.2 Å². The highest BCUT2D eigenvalue weighted by atomic mass is 35.5. The second kappa shape index (κ2) is 7.31. The van der Waals surface area contributed by atoms with Gasteiger partial charge in [-0.25, -0.2) is 13.4 Å². The predicted octanol–water partition coefficient (Wildman–Crippen LogP) is 3.60. The average molecular weight is 480 g/mol. The maximum Gasteiger partial charge on any atom is 0.417 e. The van der Waals surface area contributed by atoms with Gasteiger partial charge in [-0.15, -0.1) is 0 Å². The van der Waals surface area contributed by atoms with Gasteiger partial charge in [0, 0.05) is 44.2 Å². The molecular formula is C20H25ClF3N3O3S. The lowest BCUT2D eigenvalue weighted by molar-refractivity contribution is -0.137. The van der Waals surface area contributed by atoms with E-state index in [1.54, 1.807) is 4.90 Å². The Hall–Kier alpha value is -1.39. The van der Waals surface area contributed by atoms with Crippen LogP contribution in [-0.4, -0.2) is 55.4 Å². The summed E-state index contributed by atoms with van der Waals surface area (Å²) < 4.78 is 66.3. The molecular weight excluding hydrogens is 455 g/mol. The summed E-state index contributed by atoms with van der Waals surface area (Å²) in [4.78, 5) is 18.3. The van der Waals surface area contributed by atoms with E-state index in [0.717, 1.165) is 18.7 Å². The lowest BCUT2D eigenvalue weighted by Gasteiger charge is -2.40. The lowest BCUT2D eigenvalue weighted by Crippen LogP contribution is -2.53. The molecule has 2 bridgehead atoms. The van der Waals surface area contributed by atoms with Crippen LogP contribution in [0.25, 0.3) is 0 Å². The van der Waals surface area contributed by atoms with Crippen LogP contribution in [0.15, 0.2) is 12.3 Å². The molecule has 2 aliphatic carbocycles. The van der Waals surface area contributed by atoms with Gasteiger partial charge in [-0.2, -0.15) is 17.5 Å². The summed E-state index contributed by atoms with van der Waals surface area (Å²) >= 11 is 6.02. The Morgan fingerprint density at radius 2 is 1.87 bits per heavy atom. The number of carbonyl (C=O) groups excluding carboxylic acids is 1. The number of sulfonamides is 1. The Morgan fingerprint density at radius 1 is 1.23 bits per heavy atom. The van der Waals surface area contributed by atoms with Gasteiger partial charge < -0.3 is 4.90 Å². The molecule has 31 heavy (non-hydrogen) atoms. The molecule has 2 atom stereocenters. The van der Waals surface area contributed by atoms with Crippen LogP contribution < -0.4 is 4.90 Å². The normalized spacial score (nSPS) is 29.0. The fraction of sp³-hybridized carbons (Fsp3) is 0.700. The standard InChI is InChI=1S/C20H25ClF3N3O3S/c1-18(2)13-3-4-19(18,16(28)10-13)12-31(29,30)27-7-5-26(6-8-27)17-15(21)9-14(11-25-17)20(22,23)24/h9,11,13H,3-8,10,12H2,1-2H3/t13-,19-/m0/s1. The van der Waals surface area contributed by atoms with Crippen molar-refractivity contribution in [3.05, 3.63) is 22.8 Å². The minimum atomic E-state index is -4.54. The number of piperazine rings is 1. The molecule has 1 aromatic rings. The third kappa shape index (κ3) is 3.64. The van der Waals surface area contributed by atoms with Gasteiger partial charge in [0.2, 0.25) is 10.0 Å². The zero-order chi connectivity index (χ0) is 22.8. The second-order valence-electron chi connectivity index (χ2n) is 9.34. The van der Waals surface area contributed by atoms with E-state index in [0.29, 0.717) is 12.8 Å². The van der Waals surface area contributed by atoms with Gasteiger partial charge in [0.1, 0.15) is 11.6 Å². The van der Waals surface area contributed by atoms with E-state index in [2.05, 4.69) is 4.98 Å². The quantitative estimate of drug-likeness (QED) is 0.660. The number of fused-ring (bicyclic) bond motifs is 2. The number of halogens is 4. The van der Waals surface area contributed by atoms with Gasteiger partial charge in [0.15, 0.2) is 0 Å². The minimum absolute atomic E-state index is 0.0525. The van der Waals surface area contributed by atoms with Gasteiger partial charge in [-0.3, -0.25) is 4.79 Å². The Bertz CT molecular complexity index is 1010. The largest absolute Gasteiger partial charge is 0.417 e.